The van der Waals surface area contributed by atoms with Crippen LogP contribution in [0.3, 0.4) is 0 Å². The molecule has 84 valence electrons. The molecule has 2 aromatic rings. The Labute approximate surface area is 105 Å². The maximum absolute atomic E-state index is 8.32. The molecule has 0 N–H and O–H groups in total. The molecular formula is C14H10ClNO. The second-order valence-corrected chi connectivity index (χ2v) is 3.19. The molecule has 0 aliphatic heterocycles. The fourth-order valence-corrected chi connectivity index (χ4v) is 1.19. The third-order valence-electron chi connectivity index (χ3n) is 1.90. The molecule has 0 heterocycles. The predicted molar refractivity (Wildman–Crippen MR) is 70.5 cm³/mol. The fourth-order valence-electron chi connectivity index (χ4n) is 1.19. The van der Waals surface area contributed by atoms with Gasteiger partial charge in [-0.1, -0.05) is 48.2 Å². The zero-order valence-corrected chi connectivity index (χ0v) is 9.76. The molecule has 2 aromatic carbocycles. The van der Waals surface area contributed by atoms with Gasteiger partial charge in [-0.2, -0.15) is 0 Å². The zero-order chi connectivity index (χ0) is 12.3. The Hall–Kier alpha value is -2.11. The average molecular weight is 244 g/mol. The summed E-state index contributed by atoms with van der Waals surface area (Å²) in [6.45, 7) is 0. The van der Waals surface area contributed by atoms with Crippen LogP contribution in [0.5, 0.6) is 0 Å². The van der Waals surface area contributed by atoms with E-state index in [2.05, 4.69) is 23.6 Å². The van der Waals surface area contributed by atoms with Crippen LogP contribution < -0.4 is 0 Å². The van der Waals surface area contributed by atoms with Gasteiger partial charge < -0.3 is 0 Å². The van der Waals surface area contributed by atoms with Crippen molar-refractivity contribution in [2.45, 2.75) is 0 Å². The van der Waals surface area contributed by atoms with Crippen molar-refractivity contribution in [1.82, 2.24) is 0 Å². The van der Waals surface area contributed by atoms with E-state index in [1.807, 2.05) is 60.7 Å². The van der Waals surface area contributed by atoms with Crippen molar-refractivity contribution in [2.24, 2.45) is 4.70 Å². The summed E-state index contributed by atoms with van der Waals surface area (Å²) in [5.41, 5.74) is 2.10. The van der Waals surface area contributed by atoms with E-state index in [4.69, 9.17) is 4.91 Å². The smallest absolute Gasteiger partial charge is 0.0835 e. The molecule has 0 amide bonds. The summed E-state index contributed by atoms with van der Waals surface area (Å²) in [5.74, 6) is 6.22. The van der Waals surface area contributed by atoms with E-state index in [9.17, 15) is 0 Å². The lowest BCUT2D eigenvalue weighted by molar-refractivity contribution is 1.62. The second kappa shape index (κ2) is 8.09. The van der Waals surface area contributed by atoms with E-state index in [0.29, 0.717) is 0 Å². The highest BCUT2D eigenvalue weighted by Crippen LogP contribution is 1.98. The molecule has 0 aliphatic carbocycles. The Morgan fingerprint density at radius 3 is 1.35 bits per heavy atom. The molecule has 2 nitrogen and oxygen atoms in total. The van der Waals surface area contributed by atoms with Crippen LogP contribution >= 0.6 is 11.8 Å². The molecule has 2 rings (SSSR count). The van der Waals surface area contributed by atoms with Crippen molar-refractivity contribution in [3.63, 3.8) is 0 Å². The third-order valence-corrected chi connectivity index (χ3v) is 1.90. The van der Waals surface area contributed by atoms with Gasteiger partial charge in [-0.05, 0) is 24.3 Å². The van der Waals surface area contributed by atoms with Gasteiger partial charge in [-0.25, -0.2) is 0 Å². The minimum absolute atomic E-state index is 1.05. The van der Waals surface area contributed by atoms with E-state index in [1.165, 1.54) is 0 Å². The molecule has 17 heavy (non-hydrogen) atoms. The molecular weight excluding hydrogens is 234 g/mol. The first-order valence-corrected chi connectivity index (χ1v) is 5.26. The molecule has 0 spiro atoms. The largest absolute Gasteiger partial charge is 0.131 e. The Morgan fingerprint density at radius 2 is 1.06 bits per heavy atom. The van der Waals surface area contributed by atoms with Crippen molar-refractivity contribution < 1.29 is 0 Å². The van der Waals surface area contributed by atoms with Crippen LogP contribution in [0.1, 0.15) is 11.1 Å². The summed E-state index contributed by atoms with van der Waals surface area (Å²) < 4.78 is 1.72. The second-order valence-electron chi connectivity index (χ2n) is 3.05. The number of rotatable bonds is 0. The zero-order valence-electron chi connectivity index (χ0n) is 9.01. The first kappa shape index (κ1) is 13.0. The van der Waals surface area contributed by atoms with Crippen LogP contribution in [0.25, 0.3) is 0 Å². The number of nitrogens with zero attached hydrogens (tertiary/aromatic N) is 1. The van der Waals surface area contributed by atoms with E-state index in [-0.39, 0.29) is 0 Å². The van der Waals surface area contributed by atoms with Gasteiger partial charge in [0, 0.05) is 15.8 Å². The molecule has 0 radical (unpaired) electrons. The van der Waals surface area contributed by atoms with E-state index < -0.39 is 0 Å². The Bertz CT molecular complexity index is 456. The van der Waals surface area contributed by atoms with Crippen molar-refractivity contribution in [3.8, 4) is 11.8 Å². The lowest BCUT2D eigenvalue weighted by Crippen LogP contribution is -1.73. The summed E-state index contributed by atoms with van der Waals surface area (Å²) in [6.07, 6.45) is 0. The summed E-state index contributed by atoms with van der Waals surface area (Å²) in [7, 11) is 0. The molecule has 0 saturated heterocycles. The van der Waals surface area contributed by atoms with Crippen molar-refractivity contribution in [3.05, 3.63) is 76.7 Å². The maximum Gasteiger partial charge on any atom is 0.0835 e. The lowest BCUT2D eigenvalue weighted by atomic mass is 10.2. The topological polar surface area (TPSA) is 29.4 Å². The van der Waals surface area contributed by atoms with E-state index in [1.54, 1.807) is 4.70 Å². The first-order valence-electron chi connectivity index (χ1n) is 4.92. The van der Waals surface area contributed by atoms with Gasteiger partial charge in [0.05, 0.1) is 11.8 Å². The monoisotopic (exact) mass is 243 g/mol. The lowest BCUT2D eigenvalue weighted by Gasteiger charge is -1.88. The highest BCUT2D eigenvalue weighted by atomic mass is 35.5. The Balaban J connectivity index is 0.000000437. The van der Waals surface area contributed by atoms with Gasteiger partial charge in [0.2, 0.25) is 0 Å². The van der Waals surface area contributed by atoms with Gasteiger partial charge in [0.15, 0.2) is 0 Å². The van der Waals surface area contributed by atoms with Crippen LogP contribution in [0.4, 0.5) is 0 Å². The quantitative estimate of drug-likeness (QED) is 0.508. The van der Waals surface area contributed by atoms with Crippen LogP contribution in [-0.2, 0) is 0 Å². The summed E-state index contributed by atoms with van der Waals surface area (Å²) in [5, 5.41) is 0. The minimum atomic E-state index is 1.05. The van der Waals surface area contributed by atoms with Crippen molar-refractivity contribution >= 4 is 11.8 Å². The summed E-state index contributed by atoms with van der Waals surface area (Å²) in [4.78, 5) is 8.32. The van der Waals surface area contributed by atoms with Gasteiger partial charge in [-0.15, -0.1) is 4.91 Å². The van der Waals surface area contributed by atoms with Crippen LogP contribution in [-0.4, -0.2) is 0 Å². The highest BCUT2D eigenvalue weighted by Gasteiger charge is 1.83. The Morgan fingerprint density at radius 1 is 0.765 bits per heavy atom. The number of nitroso groups, excluding NO2 is 1. The number of hydrogen-bond donors (Lipinski definition) is 0. The summed E-state index contributed by atoms with van der Waals surface area (Å²) in [6, 6.07) is 20.0. The number of hydrogen-bond acceptors (Lipinski definition) is 2. The fraction of sp³-hybridized carbons (Fsp3) is 0. The SMILES string of the molecule is C(#Cc1ccccc1)c1ccccc1.O=NCl. The van der Waals surface area contributed by atoms with Crippen LogP contribution in [0.15, 0.2) is 65.4 Å². The normalized spacial score (nSPS) is 8.06. The standard InChI is InChI=1S/C14H10.ClNO/c1-3-7-13(8-4-1)11-12-14-9-5-2-6-10-14;1-2-3/h1-10H;. The van der Waals surface area contributed by atoms with Crippen molar-refractivity contribution in [1.29, 1.82) is 0 Å². The molecule has 3 heteroatoms. The molecule has 0 saturated carbocycles. The van der Waals surface area contributed by atoms with Crippen LogP contribution in [0.2, 0.25) is 0 Å². The van der Waals surface area contributed by atoms with E-state index in [0.717, 1.165) is 11.1 Å². The summed E-state index contributed by atoms with van der Waals surface area (Å²) >= 11 is 4.07. The molecule has 0 bridgehead atoms. The van der Waals surface area contributed by atoms with Crippen molar-refractivity contribution in [2.75, 3.05) is 0 Å². The van der Waals surface area contributed by atoms with Crippen LogP contribution in [0, 0.1) is 16.7 Å². The number of halogens is 1. The Kier molecular flexibility index (Phi) is 6.17. The molecule has 0 atom stereocenters. The highest BCUT2D eigenvalue weighted by molar-refractivity contribution is 6.14. The predicted octanol–water partition coefficient (Wildman–Crippen LogP) is 3.99. The molecule has 0 unspecified atom stereocenters. The average Bonchev–Trinajstić information content (AvgIpc) is 2.40. The molecule has 0 aromatic heterocycles. The minimum Gasteiger partial charge on any atom is -0.131 e. The first-order chi connectivity index (χ1) is 8.36. The van der Waals surface area contributed by atoms with E-state index >= 15 is 0 Å². The number of benzene rings is 2. The van der Waals surface area contributed by atoms with Gasteiger partial charge in [0.1, 0.15) is 0 Å². The molecule has 0 fully saturated rings. The van der Waals surface area contributed by atoms with Gasteiger partial charge in [0.25, 0.3) is 0 Å². The molecule has 0 aliphatic rings. The maximum atomic E-state index is 8.32. The third kappa shape index (κ3) is 5.50. The van der Waals surface area contributed by atoms with Gasteiger partial charge >= 0.3 is 0 Å². The van der Waals surface area contributed by atoms with Gasteiger partial charge in [-0.3, -0.25) is 0 Å².